The molecule has 0 aliphatic carbocycles. The molecule has 0 radical (unpaired) electrons. The van der Waals surface area contributed by atoms with Crippen LogP contribution in [0.25, 0.3) is 0 Å². The second-order valence-electron chi connectivity index (χ2n) is 8.27. The Morgan fingerprint density at radius 2 is 1.42 bits per heavy atom. The van der Waals surface area contributed by atoms with E-state index in [-0.39, 0.29) is 5.54 Å². The van der Waals surface area contributed by atoms with Crippen LogP contribution in [0, 0.1) is 0 Å². The van der Waals surface area contributed by atoms with Gasteiger partial charge in [0.2, 0.25) is 11.5 Å². The molecule has 2 aromatic carbocycles. The number of hydrogen-bond acceptors (Lipinski definition) is 4. The number of epoxide rings is 1. The molecule has 0 amide bonds. The molecule has 0 unspecified atom stereocenters. The van der Waals surface area contributed by atoms with Crippen molar-refractivity contribution in [2.45, 2.75) is 50.0 Å². The van der Waals surface area contributed by atoms with Gasteiger partial charge in [-0.25, -0.2) is 4.99 Å². The lowest BCUT2D eigenvalue weighted by Gasteiger charge is -2.30. The summed E-state index contributed by atoms with van der Waals surface area (Å²) in [4.78, 5) is 4.78. The van der Waals surface area contributed by atoms with Crippen molar-refractivity contribution in [3.63, 3.8) is 0 Å². The Morgan fingerprint density at radius 1 is 0.923 bits per heavy atom. The van der Waals surface area contributed by atoms with E-state index in [0.29, 0.717) is 12.5 Å². The largest absolute Gasteiger partial charge is 0.476 e. The second-order valence-corrected chi connectivity index (χ2v) is 8.27. The predicted octanol–water partition coefficient (Wildman–Crippen LogP) is 3.68. The summed E-state index contributed by atoms with van der Waals surface area (Å²) in [6.45, 7) is 8.04. The van der Waals surface area contributed by atoms with Crippen LogP contribution in [0.15, 0.2) is 65.7 Å². The molecular formula is C22H25NO3. The summed E-state index contributed by atoms with van der Waals surface area (Å²) in [7, 11) is 0. The number of hydrogen-bond donors (Lipinski definition) is 1. The quantitative estimate of drug-likeness (QED) is 0.855. The van der Waals surface area contributed by atoms with E-state index in [1.165, 1.54) is 0 Å². The van der Waals surface area contributed by atoms with Crippen molar-refractivity contribution in [1.29, 1.82) is 0 Å². The van der Waals surface area contributed by atoms with Crippen LogP contribution in [-0.4, -0.2) is 34.4 Å². The van der Waals surface area contributed by atoms with Crippen molar-refractivity contribution in [3.05, 3.63) is 71.8 Å². The average molecular weight is 351 g/mol. The van der Waals surface area contributed by atoms with Gasteiger partial charge >= 0.3 is 0 Å². The molecule has 0 saturated carbocycles. The maximum Gasteiger partial charge on any atom is 0.224 e. The molecule has 26 heavy (non-hydrogen) atoms. The fraction of sp³-hybridized carbons (Fsp3) is 0.409. The van der Waals surface area contributed by atoms with Gasteiger partial charge in [0.1, 0.15) is 12.2 Å². The average Bonchev–Trinajstić information content (AvgIpc) is 3.22. The van der Waals surface area contributed by atoms with E-state index < -0.39 is 16.8 Å². The first-order valence-electron chi connectivity index (χ1n) is 9.00. The third-order valence-corrected chi connectivity index (χ3v) is 5.25. The molecule has 0 spiro atoms. The van der Waals surface area contributed by atoms with Crippen LogP contribution in [-0.2, 0) is 15.1 Å². The second kappa shape index (κ2) is 5.41. The Hall–Kier alpha value is -2.17. The van der Waals surface area contributed by atoms with Crippen molar-refractivity contribution in [2.75, 3.05) is 6.61 Å². The Kier molecular flexibility index (Phi) is 3.59. The molecule has 1 fully saturated rings. The van der Waals surface area contributed by atoms with Gasteiger partial charge < -0.3 is 14.6 Å². The number of nitrogens with zero attached hydrogens (tertiary/aromatic N) is 1. The van der Waals surface area contributed by atoms with Gasteiger partial charge in [-0.2, -0.15) is 0 Å². The Morgan fingerprint density at radius 3 is 1.81 bits per heavy atom. The van der Waals surface area contributed by atoms with Gasteiger partial charge in [-0.05, 0) is 38.8 Å². The van der Waals surface area contributed by atoms with Crippen molar-refractivity contribution < 1.29 is 14.6 Å². The van der Waals surface area contributed by atoms with Gasteiger partial charge in [-0.3, -0.25) is 0 Å². The standard InChI is InChI=1S/C22H25NO3/c1-19(2)15-25-18(23-19)22(20(3,4)24)21(26-22,16-11-7-5-8-12-16)17-13-9-6-10-14-17/h5-14,24H,15H2,1-4H3/t22-/m0/s1. The SMILES string of the molecule is CC1(C)COC([C@@]2(C(C)(C)O)OC2(c2ccccc2)c2ccccc2)=N1. The van der Waals surface area contributed by atoms with Crippen LogP contribution in [0.4, 0.5) is 0 Å². The molecule has 0 aromatic heterocycles. The van der Waals surface area contributed by atoms with Crippen LogP contribution in [0.3, 0.4) is 0 Å². The first-order chi connectivity index (χ1) is 12.2. The predicted molar refractivity (Wildman–Crippen MR) is 101 cm³/mol. The summed E-state index contributed by atoms with van der Waals surface area (Å²) in [6, 6.07) is 20.0. The van der Waals surface area contributed by atoms with Crippen molar-refractivity contribution in [3.8, 4) is 0 Å². The fourth-order valence-corrected chi connectivity index (χ4v) is 4.02. The van der Waals surface area contributed by atoms with Crippen LogP contribution >= 0.6 is 0 Å². The summed E-state index contributed by atoms with van der Waals surface area (Å²) in [5.74, 6) is 0.475. The Bertz CT molecular complexity index is 797. The van der Waals surface area contributed by atoms with Gasteiger partial charge in [-0.15, -0.1) is 0 Å². The van der Waals surface area contributed by atoms with Gasteiger partial charge in [0.15, 0.2) is 5.60 Å². The van der Waals surface area contributed by atoms with Gasteiger partial charge in [-0.1, -0.05) is 60.7 Å². The van der Waals surface area contributed by atoms with Crippen molar-refractivity contribution in [1.82, 2.24) is 0 Å². The minimum absolute atomic E-state index is 0.335. The normalized spacial score (nSPS) is 26.1. The summed E-state index contributed by atoms with van der Waals surface area (Å²) in [5.41, 5.74) is -1.49. The molecule has 1 saturated heterocycles. The zero-order valence-electron chi connectivity index (χ0n) is 15.7. The lowest BCUT2D eigenvalue weighted by atomic mass is 9.73. The van der Waals surface area contributed by atoms with E-state index in [9.17, 15) is 5.11 Å². The van der Waals surface area contributed by atoms with Crippen LogP contribution in [0.2, 0.25) is 0 Å². The zero-order valence-corrected chi connectivity index (χ0v) is 15.7. The van der Waals surface area contributed by atoms with Gasteiger partial charge in [0.25, 0.3) is 0 Å². The Labute approximate surface area is 154 Å². The summed E-state index contributed by atoms with van der Waals surface area (Å²) in [6.07, 6.45) is 0. The minimum atomic E-state index is -1.20. The van der Waals surface area contributed by atoms with Crippen LogP contribution in [0.1, 0.15) is 38.8 Å². The van der Waals surface area contributed by atoms with E-state index in [4.69, 9.17) is 14.5 Å². The maximum atomic E-state index is 11.2. The van der Waals surface area contributed by atoms with Gasteiger partial charge in [0, 0.05) is 0 Å². The summed E-state index contributed by atoms with van der Waals surface area (Å²) < 4.78 is 12.5. The highest BCUT2D eigenvalue weighted by molar-refractivity contribution is 5.94. The van der Waals surface area contributed by atoms with E-state index in [1.54, 1.807) is 13.8 Å². The maximum absolute atomic E-state index is 11.2. The molecule has 2 aliphatic rings. The molecule has 136 valence electrons. The number of benzene rings is 2. The van der Waals surface area contributed by atoms with Crippen molar-refractivity contribution in [2.24, 2.45) is 4.99 Å². The monoisotopic (exact) mass is 351 g/mol. The molecule has 4 nitrogen and oxygen atoms in total. The number of ether oxygens (including phenoxy) is 2. The molecule has 1 atom stereocenters. The smallest absolute Gasteiger partial charge is 0.224 e. The summed E-state index contributed by atoms with van der Waals surface area (Å²) >= 11 is 0. The van der Waals surface area contributed by atoms with Crippen LogP contribution in [0.5, 0.6) is 0 Å². The third-order valence-electron chi connectivity index (χ3n) is 5.25. The molecule has 1 N–H and O–H groups in total. The topological polar surface area (TPSA) is 54.4 Å². The highest BCUT2D eigenvalue weighted by Crippen LogP contribution is 2.65. The zero-order chi connectivity index (χ0) is 18.6. The molecule has 0 bridgehead atoms. The highest BCUT2D eigenvalue weighted by atomic mass is 16.7. The fourth-order valence-electron chi connectivity index (χ4n) is 4.02. The number of aliphatic hydroxyl groups is 1. The van der Waals surface area contributed by atoms with E-state index in [2.05, 4.69) is 0 Å². The molecule has 2 heterocycles. The van der Waals surface area contributed by atoms with Gasteiger partial charge in [0.05, 0.1) is 5.54 Å². The molecular weight excluding hydrogens is 326 g/mol. The first kappa shape index (κ1) is 17.3. The lowest BCUT2D eigenvalue weighted by Crippen LogP contribution is -2.51. The lowest BCUT2D eigenvalue weighted by molar-refractivity contribution is 0.0155. The number of aliphatic imine (C=N–C) groups is 1. The van der Waals surface area contributed by atoms with E-state index in [1.807, 2.05) is 74.5 Å². The Balaban J connectivity index is 1.96. The molecule has 4 heteroatoms. The highest BCUT2D eigenvalue weighted by Gasteiger charge is 2.82. The molecule has 4 rings (SSSR count). The van der Waals surface area contributed by atoms with Crippen molar-refractivity contribution >= 4 is 5.90 Å². The molecule has 2 aromatic rings. The van der Waals surface area contributed by atoms with E-state index in [0.717, 1.165) is 11.1 Å². The van der Waals surface area contributed by atoms with Crippen LogP contribution < -0.4 is 0 Å². The summed E-state index contributed by atoms with van der Waals surface area (Å²) in [5, 5.41) is 11.2. The number of rotatable bonds is 4. The third kappa shape index (κ3) is 2.25. The van der Waals surface area contributed by atoms with E-state index >= 15 is 0 Å². The first-order valence-corrected chi connectivity index (χ1v) is 9.00. The minimum Gasteiger partial charge on any atom is -0.476 e. The molecule has 2 aliphatic heterocycles.